The standard InChI is InChI=1S/C12H17F3N2O3/c1-7(2)19-9-5-10(20-8(3)4)17-11(16-9)18-6-12(13,14)15/h5,7-8H,6H2,1-4H3. The van der Waals surface area contributed by atoms with Crippen LogP contribution in [0.3, 0.4) is 0 Å². The third-order valence-electron chi connectivity index (χ3n) is 1.74. The highest BCUT2D eigenvalue weighted by Crippen LogP contribution is 2.23. The molecule has 0 aliphatic rings. The van der Waals surface area contributed by atoms with Crippen LogP contribution in [0.15, 0.2) is 6.07 Å². The van der Waals surface area contributed by atoms with Crippen LogP contribution in [0.2, 0.25) is 0 Å². The summed E-state index contributed by atoms with van der Waals surface area (Å²) in [6.07, 6.45) is -4.84. The van der Waals surface area contributed by atoms with Gasteiger partial charge >= 0.3 is 12.2 Å². The highest BCUT2D eigenvalue weighted by Gasteiger charge is 2.29. The first-order chi connectivity index (χ1) is 9.15. The number of hydrogen-bond donors (Lipinski definition) is 0. The number of nitrogens with zero attached hydrogens (tertiary/aromatic N) is 2. The van der Waals surface area contributed by atoms with E-state index in [1.54, 1.807) is 27.7 Å². The van der Waals surface area contributed by atoms with E-state index >= 15 is 0 Å². The van der Waals surface area contributed by atoms with Gasteiger partial charge in [0.2, 0.25) is 11.8 Å². The minimum Gasteiger partial charge on any atom is -0.475 e. The SMILES string of the molecule is CC(C)Oc1cc(OC(C)C)nc(OCC(F)(F)F)n1. The zero-order chi connectivity index (χ0) is 15.3. The fraction of sp³-hybridized carbons (Fsp3) is 0.667. The molecule has 0 amide bonds. The van der Waals surface area contributed by atoms with Gasteiger partial charge in [0.05, 0.1) is 18.3 Å². The number of ether oxygens (including phenoxy) is 3. The molecule has 0 unspecified atom stereocenters. The van der Waals surface area contributed by atoms with Gasteiger partial charge in [0.25, 0.3) is 0 Å². The van der Waals surface area contributed by atoms with Crippen molar-refractivity contribution in [2.45, 2.75) is 46.1 Å². The molecule has 0 aromatic carbocycles. The van der Waals surface area contributed by atoms with E-state index in [0.717, 1.165) is 0 Å². The minimum absolute atomic E-state index is 0.0998. The fourth-order valence-corrected chi connectivity index (χ4v) is 1.20. The topological polar surface area (TPSA) is 53.5 Å². The van der Waals surface area contributed by atoms with Gasteiger partial charge in [-0.25, -0.2) is 0 Å². The number of aromatic nitrogens is 2. The molecule has 114 valence electrons. The van der Waals surface area contributed by atoms with Crippen LogP contribution in [0.25, 0.3) is 0 Å². The summed E-state index contributed by atoms with van der Waals surface area (Å²) in [7, 11) is 0. The van der Waals surface area contributed by atoms with Gasteiger partial charge in [-0.3, -0.25) is 0 Å². The summed E-state index contributed by atoms with van der Waals surface area (Å²) < 4.78 is 51.5. The van der Waals surface area contributed by atoms with E-state index < -0.39 is 18.8 Å². The average Bonchev–Trinajstić information content (AvgIpc) is 2.23. The smallest absolute Gasteiger partial charge is 0.422 e. The fourth-order valence-electron chi connectivity index (χ4n) is 1.20. The van der Waals surface area contributed by atoms with Crippen molar-refractivity contribution in [2.24, 2.45) is 0 Å². The third-order valence-corrected chi connectivity index (χ3v) is 1.74. The van der Waals surface area contributed by atoms with E-state index in [2.05, 4.69) is 14.7 Å². The second-order valence-corrected chi connectivity index (χ2v) is 4.56. The third kappa shape index (κ3) is 6.44. The van der Waals surface area contributed by atoms with Crippen LogP contribution < -0.4 is 14.2 Å². The Kier molecular flexibility index (Phi) is 5.41. The lowest BCUT2D eigenvalue weighted by atomic mass is 10.4. The molecule has 1 aromatic rings. The molecule has 0 aliphatic heterocycles. The Labute approximate surface area is 115 Å². The van der Waals surface area contributed by atoms with Crippen molar-refractivity contribution < 1.29 is 27.4 Å². The lowest BCUT2D eigenvalue weighted by Gasteiger charge is -2.14. The lowest BCUT2D eigenvalue weighted by Crippen LogP contribution is -2.20. The van der Waals surface area contributed by atoms with E-state index in [1.807, 2.05) is 0 Å². The Bertz CT molecular complexity index is 408. The zero-order valence-corrected chi connectivity index (χ0v) is 11.7. The summed E-state index contributed by atoms with van der Waals surface area (Å²) in [5.74, 6) is 0.200. The van der Waals surface area contributed by atoms with Crippen LogP contribution in [0.4, 0.5) is 13.2 Å². The van der Waals surface area contributed by atoms with E-state index in [4.69, 9.17) is 9.47 Å². The van der Waals surface area contributed by atoms with Crippen LogP contribution in [-0.2, 0) is 0 Å². The molecule has 0 fully saturated rings. The summed E-state index contributed by atoms with van der Waals surface area (Å²) in [6, 6.07) is 0.969. The van der Waals surface area contributed by atoms with Crippen molar-refractivity contribution in [2.75, 3.05) is 6.61 Å². The molecular weight excluding hydrogens is 277 g/mol. The Morgan fingerprint density at radius 1 is 1.00 bits per heavy atom. The molecule has 0 bridgehead atoms. The van der Waals surface area contributed by atoms with Crippen molar-refractivity contribution in [1.82, 2.24) is 9.97 Å². The second kappa shape index (κ2) is 6.62. The van der Waals surface area contributed by atoms with Gasteiger partial charge in [0, 0.05) is 0 Å². The molecule has 20 heavy (non-hydrogen) atoms. The van der Waals surface area contributed by atoms with Crippen molar-refractivity contribution in [3.05, 3.63) is 6.07 Å². The number of rotatable bonds is 6. The highest BCUT2D eigenvalue weighted by molar-refractivity contribution is 5.23. The number of halogens is 3. The monoisotopic (exact) mass is 294 g/mol. The maximum absolute atomic E-state index is 12.1. The van der Waals surface area contributed by atoms with Crippen LogP contribution in [0.1, 0.15) is 27.7 Å². The summed E-state index contributed by atoms with van der Waals surface area (Å²) in [4.78, 5) is 7.50. The molecular formula is C12H17F3N2O3. The first-order valence-electron chi connectivity index (χ1n) is 6.07. The van der Waals surface area contributed by atoms with Gasteiger partial charge in [0.15, 0.2) is 6.61 Å². The van der Waals surface area contributed by atoms with Crippen LogP contribution in [0, 0.1) is 0 Å². The van der Waals surface area contributed by atoms with Crippen molar-refractivity contribution in [3.8, 4) is 17.8 Å². The first kappa shape index (κ1) is 16.3. The molecule has 5 nitrogen and oxygen atoms in total. The van der Waals surface area contributed by atoms with Crippen LogP contribution in [-0.4, -0.2) is 35.0 Å². The summed E-state index contributed by atoms with van der Waals surface area (Å²) in [5, 5.41) is 0. The molecule has 1 heterocycles. The zero-order valence-electron chi connectivity index (χ0n) is 11.7. The first-order valence-corrected chi connectivity index (χ1v) is 6.07. The molecule has 0 N–H and O–H groups in total. The maximum Gasteiger partial charge on any atom is 0.422 e. The van der Waals surface area contributed by atoms with Crippen molar-refractivity contribution in [3.63, 3.8) is 0 Å². The molecule has 0 saturated carbocycles. The predicted octanol–water partition coefficient (Wildman–Crippen LogP) is 2.99. The van der Waals surface area contributed by atoms with Gasteiger partial charge in [-0.05, 0) is 27.7 Å². The lowest BCUT2D eigenvalue weighted by molar-refractivity contribution is -0.154. The van der Waals surface area contributed by atoms with Crippen LogP contribution in [0.5, 0.6) is 17.8 Å². The van der Waals surface area contributed by atoms with Crippen molar-refractivity contribution in [1.29, 1.82) is 0 Å². The second-order valence-electron chi connectivity index (χ2n) is 4.56. The Hall–Kier alpha value is -1.73. The largest absolute Gasteiger partial charge is 0.475 e. The molecule has 1 rings (SSSR count). The maximum atomic E-state index is 12.1. The quantitative estimate of drug-likeness (QED) is 0.807. The summed E-state index contributed by atoms with van der Waals surface area (Å²) in [6.45, 7) is 5.59. The summed E-state index contributed by atoms with van der Waals surface area (Å²) in [5.41, 5.74) is 0. The van der Waals surface area contributed by atoms with Gasteiger partial charge in [-0.1, -0.05) is 0 Å². The normalized spacial score (nSPS) is 11.8. The number of hydrogen-bond acceptors (Lipinski definition) is 5. The Morgan fingerprint density at radius 2 is 1.45 bits per heavy atom. The Morgan fingerprint density at radius 3 is 1.80 bits per heavy atom. The summed E-state index contributed by atoms with van der Waals surface area (Å²) >= 11 is 0. The Balaban J connectivity index is 2.90. The molecule has 1 aromatic heterocycles. The minimum atomic E-state index is -4.46. The molecule has 0 saturated heterocycles. The molecule has 0 aliphatic carbocycles. The van der Waals surface area contributed by atoms with E-state index in [1.165, 1.54) is 6.07 Å². The van der Waals surface area contributed by atoms with E-state index in [0.29, 0.717) is 0 Å². The molecule has 0 spiro atoms. The van der Waals surface area contributed by atoms with Gasteiger partial charge in [0.1, 0.15) is 0 Å². The molecule has 0 atom stereocenters. The van der Waals surface area contributed by atoms with E-state index in [9.17, 15) is 13.2 Å². The highest BCUT2D eigenvalue weighted by atomic mass is 19.4. The van der Waals surface area contributed by atoms with Crippen molar-refractivity contribution >= 4 is 0 Å². The molecule has 8 heteroatoms. The van der Waals surface area contributed by atoms with Gasteiger partial charge in [-0.2, -0.15) is 23.1 Å². The van der Waals surface area contributed by atoms with E-state index in [-0.39, 0.29) is 24.0 Å². The van der Waals surface area contributed by atoms with Gasteiger partial charge in [-0.15, -0.1) is 0 Å². The van der Waals surface area contributed by atoms with Gasteiger partial charge < -0.3 is 14.2 Å². The van der Waals surface area contributed by atoms with Crippen LogP contribution >= 0.6 is 0 Å². The number of alkyl halides is 3. The molecule has 0 radical (unpaired) electrons. The average molecular weight is 294 g/mol. The predicted molar refractivity (Wildman–Crippen MR) is 65.1 cm³/mol.